The minimum Gasteiger partial charge on any atom is -0.456 e. The molecular formula is C13H7BrFNO. The predicted octanol–water partition coefficient (Wildman–Crippen LogP) is 4.25. The summed E-state index contributed by atoms with van der Waals surface area (Å²) in [6.45, 7) is 0. The molecule has 2 rings (SSSR count). The summed E-state index contributed by atoms with van der Waals surface area (Å²) < 4.78 is 19.7. The van der Waals surface area contributed by atoms with E-state index >= 15 is 0 Å². The van der Waals surface area contributed by atoms with Crippen LogP contribution in [-0.4, -0.2) is 0 Å². The van der Waals surface area contributed by atoms with Crippen molar-refractivity contribution in [3.8, 4) is 17.6 Å². The molecule has 4 heteroatoms. The molecule has 0 atom stereocenters. The van der Waals surface area contributed by atoms with Crippen molar-refractivity contribution < 1.29 is 9.13 Å². The molecule has 0 bridgehead atoms. The van der Waals surface area contributed by atoms with Crippen molar-refractivity contribution in [3.05, 3.63) is 58.3 Å². The van der Waals surface area contributed by atoms with Gasteiger partial charge in [-0.15, -0.1) is 0 Å². The van der Waals surface area contributed by atoms with Gasteiger partial charge in [-0.05, 0) is 36.4 Å². The standard InChI is InChI=1S/C13H7BrFNO/c14-9-4-6-10(7-5-9)17-13-3-1-2-12(15)11(13)8-16/h1-7H. The number of rotatable bonds is 2. The molecule has 84 valence electrons. The van der Waals surface area contributed by atoms with Crippen molar-refractivity contribution in [2.24, 2.45) is 0 Å². The summed E-state index contributed by atoms with van der Waals surface area (Å²) in [4.78, 5) is 0. The molecule has 0 saturated heterocycles. The van der Waals surface area contributed by atoms with Crippen LogP contribution >= 0.6 is 15.9 Å². The van der Waals surface area contributed by atoms with Gasteiger partial charge in [0.1, 0.15) is 28.9 Å². The minimum absolute atomic E-state index is 0.0876. The van der Waals surface area contributed by atoms with Gasteiger partial charge in [-0.1, -0.05) is 22.0 Å². The van der Waals surface area contributed by atoms with Gasteiger partial charge in [-0.2, -0.15) is 5.26 Å². The predicted molar refractivity (Wildman–Crippen MR) is 65.3 cm³/mol. The molecule has 0 radical (unpaired) electrons. The van der Waals surface area contributed by atoms with E-state index < -0.39 is 5.82 Å². The lowest BCUT2D eigenvalue weighted by Crippen LogP contribution is -1.91. The fourth-order valence-electron chi connectivity index (χ4n) is 1.33. The van der Waals surface area contributed by atoms with Crippen LogP contribution in [0, 0.1) is 17.1 Å². The van der Waals surface area contributed by atoms with Gasteiger partial charge in [0, 0.05) is 4.47 Å². The normalized spacial score (nSPS) is 9.71. The van der Waals surface area contributed by atoms with E-state index in [1.807, 2.05) is 0 Å². The van der Waals surface area contributed by atoms with Crippen molar-refractivity contribution >= 4 is 15.9 Å². The molecule has 0 fully saturated rings. The molecule has 0 aliphatic heterocycles. The smallest absolute Gasteiger partial charge is 0.148 e. The minimum atomic E-state index is -0.581. The van der Waals surface area contributed by atoms with Crippen LogP contribution in [0.4, 0.5) is 4.39 Å². The Kier molecular flexibility index (Phi) is 3.40. The maximum Gasteiger partial charge on any atom is 0.148 e. The first-order valence-electron chi connectivity index (χ1n) is 4.83. The van der Waals surface area contributed by atoms with E-state index in [0.717, 1.165) is 4.47 Å². The zero-order chi connectivity index (χ0) is 12.3. The van der Waals surface area contributed by atoms with E-state index in [4.69, 9.17) is 10.00 Å². The zero-order valence-electron chi connectivity index (χ0n) is 8.65. The van der Waals surface area contributed by atoms with Crippen LogP contribution in [0.1, 0.15) is 5.56 Å². The van der Waals surface area contributed by atoms with Gasteiger partial charge >= 0.3 is 0 Å². The highest BCUT2D eigenvalue weighted by Crippen LogP contribution is 2.27. The second-order valence-corrected chi connectivity index (χ2v) is 4.20. The molecule has 2 aromatic rings. The molecular weight excluding hydrogens is 285 g/mol. The Morgan fingerprint density at radius 3 is 2.47 bits per heavy atom. The fourth-order valence-corrected chi connectivity index (χ4v) is 1.59. The molecule has 2 nitrogen and oxygen atoms in total. The number of nitrogens with zero attached hydrogens (tertiary/aromatic N) is 1. The van der Waals surface area contributed by atoms with Crippen molar-refractivity contribution in [1.29, 1.82) is 5.26 Å². The number of benzene rings is 2. The van der Waals surface area contributed by atoms with Crippen LogP contribution in [0.3, 0.4) is 0 Å². The summed E-state index contributed by atoms with van der Waals surface area (Å²) in [5.41, 5.74) is -0.0876. The SMILES string of the molecule is N#Cc1c(F)cccc1Oc1ccc(Br)cc1. The Labute approximate surface area is 106 Å². The lowest BCUT2D eigenvalue weighted by molar-refractivity contribution is 0.474. The van der Waals surface area contributed by atoms with Crippen LogP contribution in [-0.2, 0) is 0 Å². The van der Waals surface area contributed by atoms with Gasteiger partial charge in [0.05, 0.1) is 0 Å². The highest BCUT2D eigenvalue weighted by atomic mass is 79.9. The first-order valence-corrected chi connectivity index (χ1v) is 5.62. The number of ether oxygens (including phenoxy) is 1. The summed E-state index contributed by atoms with van der Waals surface area (Å²) in [6.07, 6.45) is 0. The van der Waals surface area contributed by atoms with Gasteiger partial charge in [0.15, 0.2) is 0 Å². The summed E-state index contributed by atoms with van der Waals surface area (Å²) in [5, 5.41) is 8.84. The van der Waals surface area contributed by atoms with Gasteiger partial charge in [-0.25, -0.2) is 4.39 Å². The molecule has 2 aromatic carbocycles. The van der Waals surface area contributed by atoms with E-state index in [9.17, 15) is 4.39 Å². The summed E-state index contributed by atoms with van der Waals surface area (Å²) in [7, 11) is 0. The highest BCUT2D eigenvalue weighted by Gasteiger charge is 2.09. The lowest BCUT2D eigenvalue weighted by atomic mass is 10.2. The number of hydrogen-bond donors (Lipinski definition) is 0. The molecule has 17 heavy (non-hydrogen) atoms. The number of halogens is 2. The quantitative estimate of drug-likeness (QED) is 0.828. The average molecular weight is 292 g/mol. The third-order valence-electron chi connectivity index (χ3n) is 2.13. The van der Waals surface area contributed by atoms with E-state index in [1.54, 1.807) is 36.4 Å². The largest absolute Gasteiger partial charge is 0.456 e. The van der Waals surface area contributed by atoms with Crippen LogP contribution in [0.2, 0.25) is 0 Å². The molecule has 0 aliphatic rings. The zero-order valence-corrected chi connectivity index (χ0v) is 10.2. The van der Waals surface area contributed by atoms with Crippen molar-refractivity contribution in [1.82, 2.24) is 0 Å². The number of nitriles is 1. The van der Waals surface area contributed by atoms with Crippen molar-refractivity contribution in [3.63, 3.8) is 0 Å². The Balaban J connectivity index is 2.34. The molecule has 0 saturated carbocycles. The van der Waals surface area contributed by atoms with Crippen LogP contribution < -0.4 is 4.74 Å². The molecule has 0 N–H and O–H groups in total. The summed E-state index contributed by atoms with van der Waals surface area (Å²) in [6, 6.07) is 13.2. The Morgan fingerprint density at radius 1 is 1.12 bits per heavy atom. The summed E-state index contributed by atoms with van der Waals surface area (Å²) in [5.74, 6) is 0.187. The molecule has 0 spiro atoms. The lowest BCUT2D eigenvalue weighted by Gasteiger charge is -2.07. The Morgan fingerprint density at radius 2 is 1.82 bits per heavy atom. The maximum absolute atomic E-state index is 13.3. The van der Waals surface area contributed by atoms with E-state index in [1.165, 1.54) is 12.1 Å². The van der Waals surface area contributed by atoms with Crippen LogP contribution in [0.15, 0.2) is 46.9 Å². The van der Waals surface area contributed by atoms with Crippen LogP contribution in [0.5, 0.6) is 11.5 Å². The summed E-state index contributed by atoms with van der Waals surface area (Å²) >= 11 is 3.30. The van der Waals surface area contributed by atoms with Gasteiger partial charge in [-0.3, -0.25) is 0 Å². The van der Waals surface area contributed by atoms with E-state index in [0.29, 0.717) is 5.75 Å². The number of hydrogen-bond acceptors (Lipinski definition) is 2. The molecule has 0 aliphatic carbocycles. The van der Waals surface area contributed by atoms with Crippen molar-refractivity contribution in [2.45, 2.75) is 0 Å². The first-order chi connectivity index (χ1) is 8.20. The first kappa shape index (κ1) is 11.6. The molecule has 0 amide bonds. The molecule has 0 unspecified atom stereocenters. The third kappa shape index (κ3) is 2.63. The third-order valence-corrected chi connectivity index (χ3v) is 2.66. The second kappa shape index (κ2) is 4.98. The Hall–Kier alpha value is -1.86. The van der Waals surface area contributed by atoms with Gasteiger partial charge in [0.25, 0.3) is 0 Å². The maximum atomic E-state index is 13.3. The van der Waals surface area contributed by atoms with Gasteiger partial charge < -0.3 is 4.74 Å². The second-order valence-electron chi connectivity index (χ2n) is 3.28. The van der Waals surface area contributed by atoms with Crippen LogP contribution in [0.25, 0.3) is 0 Å². The van der Waals surface area contributed by atoms with E-state index in [-0.39, 0.29) is 11.3 Å². The van der Waals surface area contributed by atoms with Crippen molar-refractivity contribution in [2.75, 3.05) is 0 Å². The van der Waals surface area contributed by atoms with E-state index in [2.05, 4.69) is 15.9 Å². The Bertz CT molecular complexity index is 575. The fraction of sp³-hybridized carbons (Fsp3) is 0. The highest BCUT2D eigenvalue weighted by molar-refractivity contribution is 9.10. The molecule has 0 heterocycles. The topological polar surface area (TPSA) is 33.0 Å². The monoisotopic (exact) mass is 291 g/mol. The average Bonchev–Trinajstić information content (AvgIpc) is 2.32. The van der Waals surface area contributed by atoms with Gasteiger partial charge in [0.2, 0.25) is 0 Å². The molecule has 0 aromatic heterocycles.